The van der Waals surface area contributed by atoms with E-state index < -0.39 is 5.54 Å². The molecule has 0 aliphatic carbocycles. The first-order valence-corrected chi connectivity index (χ1v) is 10.5. The fourth-order valence-electron chi connectivity index (χ4n) is 4.42. The van der Waals surface area contributed by atoms with Crippen molar-refractivity contribution in [2.45, 2.75) is 45.3 Å². The van der Waals surface area contributed by atoms with Crippen LogP contribution in [-0.2, 0) is 17.9 Å². The van der Waals surface area contributed by atoms with Gasteiger partial charge in [0.2, 0.25) is 0 Å². The average Bonchev–Trinajstić information content (AvgIpc) is 3.33. The Morgan fingerprint density at radius 3 is 2.33 bits per heavy atom. The van der Waals surface area contributed by atoms with E-state index in [2.05, 4.69) is 5.10 Å². The molecule has 1 spiro atoms. The van der Waals surface area contributed by atoms with E-state index in [1.165, 1.54) is 4.90 Å². The van der Waals surface area contributed by atoms with Crippen molar-refractivity contribution >= 4 is 17.8 Å². The molecule has 2 aromatic rings. The molecule has 2 aliphatic heterocycles. The van der Waals surface area contributed by atoms with Gasteiger partial charge in [-0.25, -0.2) is 4.79 Å². The van der Waals surface area contributed by atoms with Crippen LogP contribution in [0.25, 0.3) is 0 Å². The van der Waals surface area contributed by atoms with Crippen LogP contribution in [0.2, 0.25) is 0 Å². The van der Waals surface area contributed by atoms with Gasteiger partial charge in [0, 0.05) is 38.9 Å². The van der Waals surface area contributed by atoms with Crippen LogP contribution >= 0.6 is 0 Å². The number of hydrogen-bond acceptors (Lipinski definition) is 4. The fraction of sp³-hybridized carbons (Fsp3) is 0.455. The lowest BCUT2D eigenvalue weighted by Crippen LogP contribution is -2.57. The van der Waals surface area contributed by atoms with Crippen LogP contribution in [0.5, 0.6) is 0 Å². The lowest BCUT2D eigenvalue weighted by molar-refractivity contribution is -0.135. The van der Waals surface area contributed by atoms with Gasteiger partial charge in [-0.05, 0) is 38.3 Å². The fourth-order valence-corrected chi connectivity index (χ4v) is 4.42. The lowest BCUT2D eigenvalue weighted by atomic mass is 9.85. The summed E-state index contributed by atoms with van der Waals surface area (Å²) in [4.78, 5) is 43.9. The highest BCUT2D eigenvalue weighted by Crippen LogP contribution is 2.38. The Kier molecular flexibility index (Phi) is 5.32. The Morgan fingerprint density at radius 2 is 1.73 bits per heavy atom. The molecular weight excluding hydrogens is 382 g/mol. The van der Waals surface area contributed by atoms with Crippen molar-refractivity contribution in [1.29, 1.82) is 0 Å². The van der Waals surface area contributed by atoms with Crippen LogP contribution in [0.4, 0.5) is 4.79 Å². The van der Waals surface area contributed by atoms with E-state index in [1.807, 2.05) is 44.2 Å². The predicted molar refractivity (Wildman–Crippen MR) is 111 cm³/mol. The minimum Gasteiger partial charge on any atom is -0.337 e. The first-order valence-electron chi connectivity index (χ1n) is 10.5. The van der Waals surface area contributed by atoms with Gasteiger partial charge in [0.1, 0.15) is 11.2 Å². The van der Waals surface area contributed by atoms with Crippen LogP contribution in [0.15, 0.2) is 42.6 Å². The van der Waals surface area contributed by atoms with Crippen molar-refractivity contribution in [3.05, 3.63) is 53.9 Å². The second kappa shape index (κ2) is 7.93. The summed E-state index contributed by atoms with van der Waals surface area (Å²) in [6, 6.07) is 11.2. The van der Waals surface area contributed by atoms with Gasteiger partial charge < -0.3 is 9.80 Å². The predicted octanol–water partition coefficient (Wildman–Crippen LogP) is 2.36. The molecule has 4 amide bonds. The summed E-state index contributed by atoms with van der Waals surface area (Å²) in [6.07, 6.45) is 2.65. The molecule has 3 heterocycles. The summed E-state index contributed by atoms with van der Waals surface area (Å²) in [5, 5.41) is 4.30. The third kappa shape index (κ3) is 3.26. The maximum atomic E-state index is 13.3. The Hall–Kier alpha value is -3.16. The SMILES string of the molecule is CCN1C(=O)N(Cc2ccccc2)C2(CCN(C(=O)c3ccn(CC)n3)CC2)C1=O. The third-order valence-corrected chi connectivity index (χ3v) is 6.18. The Morgan fingerprint density at radius 1 is 1.03 bits per heavy atom. The number of imide groups is 1. The molecule has 158 valence electrons. The normalized spacial score (nSPS) is 18.5. The standard InChI is InChI=1S/C22H27N5O3/c1-3-25-13-10-18(23-25)19(28)24-14-11-22(12-15-24)20(29)26(4-2)21(30)27(22)16-17-8-6-5-7-9-17/h5-10,13H,3-4,11-12,14-16H2,1-2H3. The smallest absolute Gasteiger partial charge is 0.327 e. The molecule has 2 aliphatic rings. The quantitative estimate of drug-likeness (QED) is 0.710. The van der Waals surface area contributed by atoms with Gasteiger partial charge in [0.15, 0.2) is 0 Å². The maximum Gasteiger partial charge on any atom is 0.327 e. The summed E-state index contributed by atoms with van der Waals surface area (Å²) in [5.41, 5.74) is 0.514. The minimum absolute atomic E-state index is 0.129. The Bertz CT molecular complexity index is 947. The topological polar surface area (TPSA) is 78.8 Å². The second-order valence-electron chi connectivity index (χ2n) is 7.78. The van der Waals surface area contributed by atoms with Crippen LogP contribution in [0.1, 0.15) is 42.7 Å². The van der Waals surface area contributed by atoms with Crippen molar-refractivity contribution in [2.75, 3.05) is 19.6 Å². The van der Waals surface area contributed by atoms with E-state index in [9.17, 15) is 14.4 Å². The molecule has 8 heteroatoms. The Balaban J connectivity index is 1.55. The van der Waals surface area contributed by atoms with E-state index in [1.54, 1.807) is 26.7 Å². The van der Waals surface area contributed by atoms with Gasteiger partial charge in [0.05, 0.1) is 0 Å². The number of piperidine rings is 1. The van der Waals surface area contributed by atoms with Crippen molar-refractivity contribution in [3.8, 4) is 0 Å². The van der Waals surface area contributed by atoms with Gasteiger partial charge in [0.25, 0.3) is 11.8 Å². The second-order valence-corrected chi connectivity index (χ2v) is 7.78. The summed E-state index contributed by atoms with van der Waals surface area (Å²) < 4.78 is 1.72. The number of rotatable bonds is 5. The van der Waals surface area contributed by atoms with E-state index in [0.717, 1.165) is 5.56 Å². The third-order valence-electron chi connectivity index (χ3n) is 6.18. The van der Waals surface area contributed by atoms with Crippen LogP contribution in [0.3, 0.4) is 0 Å². The first kappa shape index (κ1) is 20.1. The summed E-state index contributed by atoms with van der Waals surface area (Å²) in [5.74, 6) is -0.274. The molecule has 0 saturated carbocycles. The highest BCUT2D eigenvalue weighted by molar-refractivity contribution is 6.07. The number of aromatic nitrogens is 2. The number of amides is 4. The number of urea groups is 1. The van der Waals surface area contributed by atoms with E-state index in [0.29, 0.717) is 51.3 Å². The number of aryl methyl sites for hydroxylation is 1. The highest BCUT2D eigenvalue weighted by Gasteiger charge is 2.57. The Labute approximate surface area is 176 Å². The molecule has 2 fully saturated rings. The molecular formula is C22H27N5O3. The van der Waals surface area contributed by atoms with Crippen molar-refractivity contribution in [2.24, 2.45) is 0 Å². The molecule has 4 rings (SSSR count). The zero-order valence-corrected chi connectivity index (χ0v) is 17.5. The number of hydrogen-bond donors (Lipinski definition) is 0. The molecule has 30 heavy (non-hydrogen) atoms. The molecule has 8 nitrogen and oxygen atoms in total. The van der Waals surface area contributed by atoms with E-state index >= 15 is 0 Å². The van der Waals surface area contributed by atoms with Crippen molar-refractivity contribution in [1.82, 2.24) is 24.5 Å². The number of likely N-dealkylation sites (tertiary alicyclic amines) is 1. The minimum atomic E-state index is -0.886. The molecule has 0 bridgehead atoms. The van der Waals surface area contributed by atoms with Gasteiger partial charge in [-0.15, -0.1) is 0 Å². The number of carbonyl (C=O) groups is 3. The summed E-state index contributed by atoms with van der Waals surface area (Å²) in [7, 11) is 0. The largest absolute Gasteiger partial charge is 0.337 e. The summed E-state index contributed by atoms with van der Waals surface area (Å²) >= 11 is 0. The summed E-state index contributed by atoms with van der Waals surface area (Å²) in [6.45, 7) is 6.06. The van der Waals surface area contributed by atoms with Crippen LogP contribution in [0, 0.1) is 0 Å². The molecule has 1 aromatic carbocycles. The van der Waals surface area contributed by atoms with Gasteiger partial charge in [-0.3, -0.25) is 19.2 Å². The lowest BCUT2D eigenvalue weighted by Gasteiger charge is -2.42. The maximum absolute atomic E-state index is 13.3. The molecule has 0 atom stereocenters. The van der Waals surface area contributed by atoms with Gasteiger partial charge >= 0.3 is 6.03 Å². The zero-order chi connectivity index (χ0) is 21.3. The van der Waals surface area contributed by atoms with Crippen LogP contribution in [-0.4, -0.2) is 67.5 Å². The first-order chi connectivity index (χ1) is 14.5. The molecule has 0 unspecified atom stereocenters. The molecule has 0 radical (unpaired) electrons. The average molecular weight is 409 g/mol. The van der Waals surface area contributed by atoms with E-state index in [-0.39, 0.29) is 17.8 Å². The van der Waals surface area contributed by atoms with Crippen molar-refractivity contribution < 1.29 is 14.4 Å². The molecule has 0 N–H and O–H groups in total. The highest BCUT2D eigenvalue weighted by atomic mass is 16.2. The number of nitrogens with zero attached hydrogens (tertiary/aromatic N) is 5. The van der Waals surface area contributed by atoms with Crippen LogP contribution < -0.4 is 0 Å². The van der Waals surface area contributed by atoms with Crippen molar-refractivity contribution in [3.63, 3.8) is 0 Å². The zero-order valence-electron chi connectivity index (χ0n) is 17.5. The number of likely N-dealkylation sites (N-methyl/N-ethyl adjacent to an activating group) is 1. The van der Waals surface area contributed by atoms with E-state index in [4.69, 9.17) is 0 Å². The van der Waals surface area contributed by atoms with Gasteiger partial charge in [-0.2, -0.15) is 5.10 Å². The molecule has 1 aromatic heterocycles. The number of carbonyl (C=O) groups excluding carboxylic acids is 3. The molecule has 2 saturated heterocycles. The number of benzene rings is 1. The van der Waals surface area contributed by atoms with Gasteiger partial charge in [-0.1, -0.05) is 30.3 Å². The monoisotopic (exact) mass is 409 g/mol.